The van der Waals surface area contributed by atoms with Crippen molar-refractivity contribution >= 4 is 5.95 Å². The summed E-state index contributed by atoms with van der Waals surface area (Å²) in [5.41, 5.74) is 8.59. The van der Waals surface area contributed by atoms with Crippen molar-refractivity contribution in [3.8, 4) is 0 Å². The summed E-state index contributed by atoms with van der Waals surface area (Å²) in [6.07, 6.45) is 6.05. The first-order valence-electron chi connectivity index (χ1n) is 5.94. The molecule has 0 saturated heterocycles. The van der Waals surface area contributed by atoms with Gasteiger partial charge >= 0.3 is 0 Å². The standard InChI is InChI=1S/C11H18N4/c12-7-8-5-6-13-11-14-9-3-1-2-4-10(9)15(8)11/h8H,1-7,12H2,(H,13,14). The van der Waals surface area contributed by atoms with Gasteiger partial charge in [0.1, 0.15) is 0 Å². The Morgan fingerprint density at radius 2 is 2.27 bits per heavy atom. The van der Waals surface area contributed by atoms with Crippen LogP contribution in [0, 0.1) is 0 Å². The average molecular weight is 206 g/mol. The van der Waals surface area contributed by atoms with Crippen LogP contribution in [0.4, 0.5) is 5.95 Å². The zero-order valence-electron chi connectivity index (χ0n) is 9.00. The molecular weight excluding hydrogens is 188 g/mol. The molecule has 1 aliphatic heterocycles. The van der Waals surface area contributed by atoms with E-state index >= 15 is 0 Å². The van der Waals surface area contributed by atoms with Gasteiger partial charge in [0.05, 0.1) is 11.7 Å². The highest BCUT2D eigenvalue weighted by molar-refractivity contribution is 5.38. The second-order valence-corrected chi connectivity index (χ2v) is 4.51. The van der Waals surface area contributed by atoms with Crippen molar-refractivity contribution in [2.75, 3.05) is 18.4 Å². The van der Waals surface area contributed by atoms with Crippen LogP contribution in [0.2, 0.25) is 0 Å². The highest BCUT2D eigenvalue weighted by atomic mass is 15.3. The molecule has 0 amide bonds. The first-order chi connectivity index (χ1) is 7.40. The van der Waals surface area contributed by atoms with Crippen LogP contribution in [0.5, 0.6) is 0 Å². The summed E-state index contributed by atoms with van der Waals surface area (Å²) in [5.74, 6) is 1.06. The van der Waals surface area contributed by atoms with Gasteiger partial charge in [-0.1, -0.05) is 0 Å². The van der Waals surface area contributed by atoms with Crippen molar-refractivity contribution in [1.29, 1.82) is 0 Å². The van der Waals surface area contributed by atoms with Gasteiger partial charge in [-0.25, -0.2) is 4.98 Å². The fourth-order valence-electron chi connectivity index (χ4n) is 2.78. The second-order valence-electron chi connectivity index (χ2n) is 4.51. The minimum atomic E-state index is 0.468. The topological polar surface area (TPSA) is 55.9 Å². The van der Waals surface area contributed by atoms with Gasteiger partial charge in [0.25, 0.3) is 0 Å². The number of anilines is 1. The van der Waals surface area contributed by atoms with E-state index in [9.17, 15) is 0 Å². The Hall–Kier alpha value is -1.03. The Labute approximate surface area is 89.9 Å². The molecule has 0 fully saturated rings. The molecule has 4 heteroatoms. The number of imidazole rings is 1. The molecule has 0 bridgehead atoms. The highest BCUT2D eigenvalue weighted by Crippen LogP contribution is 2.31. The molecule has 82 valence electrons. The number of fused-ring (bicyclic) bond motifs is 3. The molecule has 0 saturated carbocycles. The van der Waals surface area contributed by atoms with Gasteiger partial charge in [-0.3, -0.25) is 0 Å². The number of aryl methyl sites for hydroxylation is 1. The lowest BCUT2D eigenvalue weighted by Crippen LogP contribution is -2.29. The van der Waals surface area contributed by atoms with Gasteiger partial charge in [0, 0.05) is 18.8 Å². The molecule has 1 atom stereocenters. The average Bonchev–Trinajstić information content (AvgIpc) is 2.67. The van der Waals surface area contributed by atoms with Gasteiger partial charge in [0.15, 0.2) is 0 Å². The number of nitrogens with two attached hydrogens (primary N) is 1. The van der Waals surface area contributed by atoms with Gasteiger partial charge in [0.2, 0.25) is 5.95 Å². The van der Waals surface area contributed by atoms with Crippen LogP contribution in [0.1, 0.15) is 36.7 Å². The summed E-state index contributed by atoms with van der Waals surface area (Å²) in [5, 5.41) is 3.38. The smallest absolute Gasteiger partial charge is 0.203 e. The molecular formula is C11H18N4. The predicted molar refractivity (Wildman–Crippen MR) is 60.1 cm³/mol. The summed E-state index contributed by atoms with van der Waals surface area (Å²) in [4.78, 5) is 4.69. The normalized spacial score (nSPS) is 24.2. The Bertz CT molecular complexity index is 369. The first kappa shape index (κ1) is 9.21. The maximum atomic E-state index is 5.83. The summed E-state index contributed by atoms with van der Waals surface area (Å²) >= 11 is 0. The number of rotatable bonds is 1. The van der Waals surface area contributed by atoms with Crippen LogP contribution in [-0.2, 0) is 12.8 Å². The van der Waals surface area contributed by atoms with Gasteiger partial charge in [-0.2, -0.15) is 0 Å². The quantitative estimate of drug-likeness (QED) is 0.723. The molecule has 0 radical (unpaired) electrons. The minimum absolute atomic E-state index is 0.468. The van der Waals surface area contributed by atoms with Crippen molar-refractivity contribution < 1.29 is 0 Å². The van der Waals surface area contributed by atoms with E-state index in [2.05, 4.69) is 14.9 Å². The minimum Gasteiger partial charge on any atom is -0.356 e. The van der Waals surface area contributed by atoms with Crippen LogP contribution < -0.4 is 11.1 Å². The molecule has 0 aromatic carbocycles. The molecule has 1 unspecified atom stereocenters. The monoisotopic (exact) mass is 206 g/mol. The molecule has 15 heavy (non-hydrogen) atoms. The predicted octanol–water partition coefficient (Wildman–Crippen LogP) is 1.08. The van der Waals surface area contributed by atoms with Crippen LogP contribution in [0.25, 0.3) is 0 Å². The number of aromatic nitrogens is 2. The van der Waals surface area contributed by atoms with Gasteiger partial charge < -0.3 is 15.6 Å². The molecule has 0 spiro atoms. The van der Waals surface area contributed by atoms with E-state index in [0.29, 0.717) is 6.04 Å². The Balaban J connectivity index is 2.08. The van der Waals surface area contributed by atoms with E-state index in [0.717, 1.165) is 31.9 Å². The largest absolute Gasteiger partial charge is 0.356 e. The van der Waals surface area contributed by atoms with E-state index in [1.165, 1.54) is 30.7 Å². The van der Waals surface area contributed by atoms with Crippen molar-refractivity contribution in [1.82, 2.24) is 9.55 Å². The molecule has 1 aliphatic carbocycles. The maximum absolute atomic E-state index is 5.83. The first-order valence-corrected chi connectivity index (χ1v) is 5.94. The van der Waals surface area contributed by atoms with Gasteiger partial charge in [-0.05, 0) is 32.1 Å². The third-order valence-corrected chi connectivity index (χ3v) is 3.57. The number of hydrogen-bond acceptors (Lipinski definition) is 3. The highest BCUT2D eigenvalue weighted by Gasteiger charge is 2.26. The zero-order chi connectivity index (χ0) is 10.3. The summed E-state index contributed by atoms with van der Waals surface area (Å²) in [7, 11) is 0. The van der Waals surface area contributed by atoms with E-state index < -0.39 is 0 Å². The summed E-state index contributed by atoms with van der Waals surface area (Å²) in [6.45, 7) is 1.75. The van der Waals surface area contributed by atoms with E-state index in [4.69, 9.17) is 5.73 Å². The third kappa shape index (κ3) is 1.35. The maximum Gasteiger partial charge on any atom is 0.203 e. The Morgan fingerprint density at radius 1 is 1.40 bits per heavy atom. The van der Waals surface area contributed by atoms with Crippen LogP contribution in [-0.4, -0.2) is 22.6 Å². The molecule has 3 N–H and O–H groups in total. The fraction of sp³-hybridized carbons (Fsp3) is 0.727. The van der Waals surface area contributed by atoms with Crippen molar-refractivity contribution in [2.24, 2.45) is 5.73 Å². The molecule has 4 nitrogen and oxygen atoms in total. The Kier molecular flexibility index (Phi) is 2.16. The molecule has 1 aromatic rings. The molecule has 2 aliphatic rings. The Morgan fingerprint density at radius 3 is 3.13 bits per heavy atom. The molecule has 3 rings (SSSR count). The lowest BCUT2D eigenvalue weighted by molar-refractivity contribution is 0.448. The van der Waals surface area contributed by atoms with Crippen molar-refractivity contribution in [2.45, 2.75) is 38.1 Å². The van der Waals surface area contributed by atoms with Crippen molar-refractivity contribution in [3.05, 3.63) is 11.4 Å². The number of hydrogen-bond donors (Lipinski definition) is 2. The van der Waals surface area contributed by atoms with E-state index in [-0.39, 0.29) is 0 Å². The summed E-state index contributed by atoms with van der Waals surface area (Å²) in [6, 6.07) is 0.468. The van der Waals surface area contributed by atoms with Crippen LogP contribution in [0.15, 0.2) is 0 Å². The fourth-order valence-corrected chi connectivity index (χ4v) is 2.78. The lowest BCUT2D eigenvalue weighted by atomic mass is 10.0. The van der Waals surface area contributed by atoms with Crippen LogP contribution >= 0.6 is 0 Å². The number of nitrogens with one attached hydrogen (secondary N) is 1. The molecule has 2 heterocycles. The lowest BCUT2D eigenvalue weighted by Gasteiger charge is -2.27. The van der Waals surface area contributed by atoms with E-state index in [1.54, 1.807) is 0 Å². The second kappa shape index (κ2) is 3.52. The van der Waals surface area contributed by atoms with Gasteiger partial charge in [-0.15, -0.1) is 0 Å². The SMILES string of the molecule is NCC1CCNc2nc3c(n21)CCCC3. The third-order valence-electron chi connectivity index (χ3n) is 3.57. The van der Waals surface area contributed by atoms with Crippen molar-refractivity contribution in [3.63, 3.8) is 0 Å². The van der Waals surface area contributed by atoms with E-state index in [1.807, 2.05) is 0 Å². The summed E-state index contributed by atoms with van der Waals surface area (Å²) < 4.78 is 2.36. The zero-order valence-corrected chi connectivity index (χ0v) is 9.00. The van der Waals surface area contributed by atoms with Crippen LogP contribution in [0.3, 0.4) is 0 Å². The number of nitrogens with zero attached hydrogens (tertiary/aromatic N) is 2. The molecule has 1 aromatic heterocycles.